The zero-order chi connectivity index (χ0) is 13.5. The highest BCUT2D eigenvalue weighted by atomic mass is 35.5. The minimum absolute atomic E-state index is 0.0482. The molecule has 0 saturated carbocycles. The minimum atomic E-state index is -0.0482. The van der Waals surface area contributed by atoms with Crippen LogP contribution < -0.4 is 10.6 Å². The van der Waals surface area contributed by atoms with E-state index in [2.05, 4.69) is 10.6 Å². The van der Waals surface area contributed by atoms with Crippen LogP contribution in [0.1, 0.15) is 24.8 Å². The third-order valence-electron chi connectivity index (χ3n) is 3.25. The standard InChI is InChI=1S/C15H19ClN2O/c16-13-6-3-12(4-7-13)5-8-15(19)18-11-9-14-2-1-10-17-14/h3-8,14,17H,1-2,9-11H2,(H,18,19)/b8-5+. The number of carbonyl (C=O) groups excluding carboxylic acids is 1. The van der Waals surface area contributed by atoms with Crippen LogP contribution in [0.5, 0.6) is 0 Å². The lowest BCUT2D eigenvalue weighted by atomic mass is 10.1. The number of nitrogens with one attached hydrogen (secondary N) is 2. The predicted molar refractivity (Wildman–Crippen MR) is 79.1 cm³/mol. The van der Waals surface area contributed by atoms with Gasteiger partial charge in [-0.3, -0.25) is 4.79 Å². The van der Waals surface area contributed by atoms with Crippen LogP contribution in [0.15, 0.2) is 30.3 Å². The number of amides is 1. The van der Waals surface area contributed by atoms with Crippen molar-refractivity contribution in [2.24, 2.45) is 0 Å². The van der Waals surface area contributed by atoms with Gasteiger partial charge < -0.3 is 10.6 Å². The molecule has 1 aliphatic rings. The molecule has 4 heteroatoms. The maximum Gasteiger partial charge on any atom is 0.243 e. The van der Waals surface area contributed by atoms with Gasteiger partial charge in [-0.25, -0.2) is 0 Å². The molecular formula is C15H19ClN2O. The summed E-state index contributed by atoms with van der Waals surface area (Å²) in [7, 11) is 0. The average molecular weight is 279 g/mol. The SMILES string of the molecule is O=C(/C=C/c1ccc(Cl)cc1)NCCC1CCCN1. The Labute approximate surface area is 119 Å². The summed E-state index contributed by atoms with van der Waals surface area (Å²) in [5.41, 5.74) is 0.969. The van der Waals surface area contributed by atoms with E-state index in [-0.39, 0.29) is 5.91 Å². The largest absolute Gasteiger partial charge is 0.352 e. The van der Waals surface area contributed by atoms with Crippen molar-refractivity contribution in [3.63, 3.8) is 0 Å². The summed E-state index contributed by atoms with van der Waals surface area (Å²) >= 11 is 5.80. The lowest BCUT2D eigenvalue weighted by molar-refractivity contribution is -0.116. The summed E-state index contributed by atoms with van der Waals surface area (Å²) in [4.78, 5) is 11.6. The van der Waals surface area contributed by atoms with Crippen molar-refractivity contribution in [1.29, 1.82) is 0 Å². The second-order valence-electron chi connectivity index (χ2n) is 4.76. The fourth-order valence-electron chi connectivity index (χ4n) is 2.18. The second kappa shape index (κ2) is 7.31. The van der Waals surface area contributed by atoms with Gasteiger partial charge in [-0.2, -0.15) is 0 Å². The summed E-state index contributed by atoms with van der Waals surface area (Å²) in [6, 6.07) is 7.96. The molecule has 1 amide bonds. The topological polar surface area (TPSA) is 41.1 Å². The monoisotopic (exact) mass is 278 g/mol. The molecule has 0 radical (unpaired) electrons. The predicted octanol–water partition coefficient (Wildman–Crippen LogP) is 2.61. The van der Waals surface area contributed by atoms with Crippen LogP contribution in [-0.4, -0.2) is 25.0 Å². The summed E-state index contributed by atoms with van der Waals surface area (Å²) in [6.45, 7) is 1.83. The first-order valence-corrected chi connectivity index (χ1v) is 7.07. The normalized spacial score (nSPS) is 18.9. The van der Waals surface area contributed by atoms with Gasteiger partial charge in [0, 0.05) is 23.7 Å². The van der Waals surface area contributed by atoms with Gasteiger partial charge in [-0.1, -0.05) is 23.7 Å². The van der Waals surface area contributed by atoms with Gasteiger partial charge >= 0.3 is 0 Å². The average Bonchev–Trinajstić information content (AvgIpc) is 2.91. The number of hydrogen-bond acceptors (Lipinski definition) is 2. The Morgan fingerprint density at radius 2 is 2.21 bits per heavy atom. The summed E-state index contributed by atoms with van der Waals surface area (Å²) in [5, 5.41) is 7.01. The summed E-state index contributed by atoms with van der Waals surface area (Å²) in [5.74, 6) is -0.0482. The summed E-state index contributed by atoms with van der Waals surface area (Å²) in [6.07, 6.45) is 6.82. The van der Waals surface area contributed by atoms with E-state index in [1.807, 2.05) is 24.3 Å². The Bertz CT molecular complexity index is 436. The molecular weight excluding hydrogens is 260 g/mol. The Balaban J connectivity index is 1.69. The van der Waals surface area contributed by atoms with Crippen LogP contribution in [0, 0.1) is 0 Å². The zero-order valence-corrected chi connectivity index (χ0v) is 11.6. The lowest BCUT2D eigenvalue weighted by Gasteiger charge is -2.09. The number of benzene rings is 1. The molecule has 1 aromatic carbocycles. The smallest absolute Gasteiger partial charge is 0.243 e. The molecule has 1 atom stereocenters. The third-order valence-corrected chi connectivity index (χ3v) is 3.50. The molecule has 1 heterocycles. The second-order valence-corrected chi connectivity index (χ2v) is 5.19. The van der Waals surface area contributed by atoms with Crippen LogP contribution in [0.2, 0.25) is 5.02 Å². The first-order valence-electron chi connectivity index (χ1n) is 6.69. The fourth-order valence-corrected chi connectivity index (χ4v) is 2.30. The maximum atomic E-state index is 11.6. The molecule has 2 N–H and O–H groups in total. The Kier molecular flexibility index (Phi) is 5.43. The first kappa shape index (κ1) is 14.1. The van der Waals surface area contributed by atoms with E-state index in [1.54, 1.807) is 12.2 Å². The van der Waals surface area contributed by atoms with Crippen molar-refractivity contribution in [3.8, 4) is 0 Å². The van der Waals surface area contributed by atoms with Crippen molar-refractivity contribution >= 4 is 23.6 Å². The molecule has 102 valence electrons. The van der Waals surface area contributed by atoms with E-state index < -0.39 is 0 Å². The van der Waals surface area contributed by atoms with Gasteiger partial charge in [-0.05, 0) is 49.6 Å². The van der Waals surface area contributed by atoms with Gasteiger partial charge in [0.2, 0.25) is 5.91 Å². The molecule has 2 rings (SSSR count). The van der Waals surface area contributed by atoms with Crippen molar-refractivity contribution in [1.82, 2.24) is 10.6 Å². The number of carbonyl (C=O) groups is 1. The van der Waals surface area contributed by atoms with Gasteiger partial charge in [0.05, 0.1) is 0 Å². The Morgan fingerprint density at radius 3 is 2.89 bits per heavy atom. The highest BCUT2D eigenvalue weighted by Gasteiger charge is 2.12. The maximum absolute atomic E-state index is 11.6. The van der Waals surface area contributed by atoms with Crippen molar-refractivity contribution in [2.75, 3.05) is 13.1 Å². The number of rotatable bonds is 5. The van der Waals surface area contributed by atoms with E-state index in [0.29, 0.717) is 11.1 Å². The molecule has 1 aliphatic heterocycles. The van der Waals surface area contributed by atoms with Crippen molar-refractivity contribution in [3.05, 3.63) is 40.9 Å². The molecule has 1 unspecified atom stereocenters. The molecule has 19 heavy (non-hydrogen) atoms. The van der Waals surface area contributed by atoms with Gasteiger partial charge in [0.1, 0.15) is 0 Å². The molecule has 0 spiro atoms. The highest BCUT2D eigenvalue weighted by molar-refractivity contribution is 6.30. The van der Waals surface area contributed by atoms with Gasteiger partial charge in [0.25, 0.3) is 0 Å². The van der Waals surface area contributed by atoms with Crippen LogP contribution in [-0.2, 0) is 4.79 Å². The van der Waals surface area contributed by atoms with Gasteiger partial charge in [-0.15, -0.1) is 0 Å². The lowest BCUT2D eigenvalue weighted by Crippen LogP contribution is -2.29. The molecule has 0 aromatic heterocycles. The highest BCUT2D eigenvalue weighted by Crippen LogP contribution is 2.10. The van der Waals surface area contributed by atoms with Crippen LogP contribution in [0.3, 0.4) is 0 Å². The van der Waals surface area contributed by atoms with Crippen LogP contribution in [0.4, 0.5) is 0 Å². The third kappa shape index (κ3) is 5.05. The van der Waals surface area contributed by atoms with E-state index in [1.165, 1.54) is 12.8 Å². The molecule has 0 aliphatic carbocycles. The molecule has 1 fully saturated rings. The van der Waals surface area contributed by atoms with E-state index in [9.17, 15) is 4.79 Å². The number of halogens is 1. The van der Waals surface area contributed by atoms with Crippen molar-refractivity contribution in [2.45, 2.75) is 25.3 Å². The Morgan fingerprint density at radius 1 is 1.42 bits per heavy atom. The minimum Gasteiger partial charge on any atom is -0.352 e. The Hall–Kier alpha value is -1.32. The van der Waals surface area contributed by atoms with E-state index in [0.717, 1.165) is 25.1 Å². The molecule has 1 aromatic rings. The quantitative estimate of drug-likeness (QED) is 0.813. The molecule has 0 bridgehead atoms. The molecule has 3 nitrogen and oxygen atoms in total. The molecule has 1 saturated heterocycles. The van der Waals surface area contributed by atoms with E-state index in [4.69, 9.17) is 11.6 Å². The van der Waals surface area contributed by atoms with Crippen molar-refractivity contribution < 1.29 is 4.79 Å². The van der Waals surface area contributed by atoms with Gasteiger partial charge in [0.15, 0.2) is 0 Å². The zero-order valence-electron chi connectivity index (χ0n) is 10.9. The van der Waals surface area contributed by atoms with Crippen LogP contribution in [0.25, 0.3) is 6.08 Å². The fraction of sp³-hybridized carbons (Fsp3) is 0.400. The van der Waals surface area contributed by atoms with E-state index >= 15 is 0 Å². The summed E-state index contributed by atoms with van der Waals surface area (Å²) < 4.78 is 0. The van der Waals surface area contributed by atoms with Crippen LogP contribution >= 0.6 is 11.6 Å². The first-order chi connectivity index (χ1) is 9.24. The number of hydrogen-bond donors (Lipinski definition) is 2.